The number of carbonyl (C=O) groups excluding carboxylic acids is 1. The van der Waals surface area contributed by atoms with Crippen molar-refractivity contribution in [2.75, 3.05) is 18.6 Å². The van der Waals surface area contributed by atoms with Crippen molar-refractivity contribution in [1.29, 1.82) is 0 Å². The van der Waals surface area contributed by atoms with E-state index in [2.05, 4.69) is 11.6 Å². The molecule has 0 saturated heterocycles. The van der Waals surface area contributed by atoms with Gasteiger partial charge in [-0.05, 0) is 49.0 Å². The summed E-state index contributed by atoms with van der Waals surface area (Å²) in [7, 11) is 0. The van der Waals surface area contributed by atoms with E-state index in [1.165, 1.54) is 12.2 Å². The number of hydrogen-bond acceptors (Lipinski definition) is 4. The SMILES string of the molecule is CSCCCCCNC(=O)C(N)Cc1ccc(O)cc1. The highest BCUT2D eigenvalue weighted by Crippen LogP contribution is 2.10. The summed E-state index contributed by atoms with van der Waals surface area (Å²) >= 11 is 1.85. The van der Waals surface area contributed by atoms with Crippen LogP contribution in [0.25, 0.3) is 0 Å². The third-order valence-corrected chi connectivity index (χ3v) is 3.75. The maximum Gasteiger partial charge on any atom is 0.237 e. The molecule has 0 spiro atoms. The molecule has 0 aliphatic rings. The lowest BCUT2D eigenvalue weighted by Gasteiger charge is -2.12. The first-order valence-electron chi connectivity index (χ1n) is 6.93. The van der Waals surface area contributed by atoms with Crippen molar-refractivity contribution >= 4 is 17.7 Å². The molecular formula is C15H24N2O2S. The zero-order chi connectivity index (χ0) is 14.8. The molecule has 1 rings (SSSR count). The predicted octanol–water partition coefficient (Wildman–Crippen LogP) is 1.91. The van der Waals surface area contributed by atoms with Crippen LogP contribution in [0.3, 0.4) is 0 Å². The minimum absolute atomic E-state index is 0.108. The first-order chi connectivity index (χ1) is 9.63. The Morgan fingerprint density at radius 1 is 1.30 bits per heavy atom. The van der Waals surface area contributed by atoms with E-state index in [0.717, 1.165) is 18.4 Å². The van der Waals surface area contributed by atoms with Crippen LogP contribution in [0.2, 0.25) is 0 Å². The van der Waals surface area contributed by atoms with Gasteiger partial charge >= 0.3 is 0 Å². The first kappa shape index (κ1) is 16.9. The Hall–Kier alpha value is -1.20. The molecule has 4 N–H and O–H groups in total. The monoisotopic (exact) mass is 296 g/mol. The summed E-state index contributed by atoms with van der Waals surface area (Å²) in [5.74, 6) is 1.29. The van der Waals surface area contributed by atoms with E-state index in [0.29, 0.717) is 13.0 Å². The second-order valence-electron chi connectivity index (χ2n) is 4.82. The van der Waals surface area contributed by atoms with Crippen LogP contribution in [0.5, 0.6) is 5.75 Å². The molecule has 0 heterocycles. The van der Waals surface area contributed by atoms with Gasteiger partial charge in [0, 0.05) is 6.54 Å². The molecule has 0 fully saturated rings. The van der Waals surface area contributed by atoms with E-state index >= 15 is 0 Å². The smallest absolute Gasteiger partial charge is 0.237 e. The van der Waals surface area contributed by atoms with Crippen LogP contribution in [-0.4, -0.2) is 35.6 Å². The summed E-state index contributed by atoms with van der Waals surface area (Å²) in [6.07, 6.45) is 5.91. The number of phenols is 1. The average Bonchev–Trinajstić information content (AvgIpc) is 2.45. The van der Waals surface area contributed by atoms with Crippen molar-refractivity contribution < 1.29 is 9.90 Å². The number of unbranched alkanes of at least 4 members (excludes halogenated alkanes) is 2. The van der Waals surface area contributed by atoms with E-state index < -0.39 is 6.04 Å². The molecule has 1 atom stereocenters. The van der Waals surface area contributed by atoms with Crippen molar-refractivity contribution in [2.45, 2.75) is 31.7 Å². The fourth-order valence-corrected chi connectivity index (χ4v) is 2.36. The standard InChI is InChI=1S/C15H24N2O2S/c1-20-10-4-2-3-9-17-15(19)14(16)11-12-5-7-13(18)8-6-12/h5-8,14,18H,2-4,9-11,16H2,1H3,(H,17,19). The number of aromatic hydroxyl groups is 1. The maximum atomic E-state index is 11.8. The van der Waals surface area contributed by atoms with Crippen molar-refractivity contribution in [3.05, 3.63) is 29.8 Å². The molecule has 0 aromatic heterocycles. The predicted molar refractivity (Wildman–Crippen MR) is 85.0 cm³/mol. The lowest BCUT2D eigenvalue weighted by Crippen LogP contribution is -2.42. The van der Waals surface area contributed by atoms with Gasteiger partial charge in [-0.1, -0.05) is 18.6 Å². The third-order valence-electron chi connectivity index (χ3n) is 3.05. The molecular weight excluding hydrogens is 272 g/mol. The van der Waals surface area contributed by atoms with Crippen LogP contribution >= 0.6 is 11.8 Å². The van der Waals surface area contributed by atoms with Crippen LogP contribution in [-0.2, 0) is 11.2 Å². The second kappa shape index (κ2) is 9.66. The Morgan fingerprint density at radius 3 is 2.65 bits per heavy atom. The molecule has 5 heteroatoms. The zero-order valence-electron chi connectivity index (χ0n) is 12.0. The molecule has 0 aliphatic heterocycles. The number of phenolic OH excluding ortho intramolecular Hbond substituents is 1. The fourth-order valence-electron chi connectivity index (χ4n) is 1.87. The Labute approximate surface area is 125 Å². The van der Waals surface area contributed by atoms with Crippen LogP contribution in [0.1, 0.15) is 24.8 Å². The lowest BCUT2D eigenvalue weighted by molar-refractivity contribution is -0.122. The van der Waals surface area contributed by atoms with Gasteiger partial charge in [-0.2, -0.15) is 11.8 Å². The van der Waals surface area contributed by atoms with Gasteiger partial charge in [-0.3, -0.25) is 4.79 Å². The quantitative estimate of drug-likeness (QED) is 0.609. The molecule has 1 aromatic carbocycles. The molecule has 20 heavy (non-hydrogen) atoms. The van der Waals surface area contributed by atoms with Gasteiger partial charge in [0.2, 0.25) is 5.91 Å². The Morgan fingerprint density at radius 2 is 2.00 bits per heavy atom. The highest BCUT2D eigenvalue weighted by atomic mass is 32.2. The van der Waals surface area contributed by atoms with E-state index in [9.17, 15) is 9.90 Å². The van der Waals surface area contributed by atoms with E-state index in [4.69, 9.17) is 5.73 Å². The minimum Gasteiger partial charge on any atom is -0.508 e. The van der Waals surface area contributed by atoms with Crippen molar-refractivity contribution in [3.63, 3.8) is 0 Å². The maximum absolute atomic E-state index is 11.8. The third kappa shape index (κ3) is 6.82. The van der Waals surface area contributed by atoms with Crippen LogP contribution < -0.4 is 11.1 Å². The number of benzene rings is 1. The Bertz CT molecular complexity index is 395. The highest BCUT2D eigenvalue weighted by molar-refractivity contribution is 7.98. The van der Waals surface area contributed by atoms with Crippen molar-refractivity contribution in [3.8, 4) is 5.75 Å². The number of amides is 1. The van der Waals surface area contributed by atoms with Crippen molar-refractivity contribution in [2.24, 2.45) is 5.73 Å². The van der Waals surface area contributed by atoms with Gasteiger partial charge in [0.25, 0.3) is 0 Å². The Kier molecular flexibility index (Phi) is 8.14. The van der Waals surface area contributed by atoms with Crippen LogP contribution in [0.4, 0.5) is 0 Å². The van der Waals surface area contributed by atoms with Gasteiger partial charge in [0.1, 0.15) is 5.75 Å². The topological polar surface area (TPSA) is 75.4 Å². The van der Waals surface area contributed by atoms with E-state index in [1.54, 1.807) is 24.3 Å². The lowest BCUT2D eigenvalue weighted by atomic mass is 10.1. The van der Waals surface area contributed by atoms with Gasteiger partial charge < -0.3 is 16.2 Å². The molecule has 0 bridgehead atoms. The molecule has 0 aliphatic carbocycles. The molecule has 1 aromatic rings. The van der Waals surface area contributed by atoms with E-state index in [-0.39, 0.29) is 11.7 Å². The van der Waals surface area contributed by atoms with E-state index in [1.807, 2.05) is 11.8 Å². The average molecular weight is 296 g/mol. The van der Waals surface area contributed by atoms with Gasteiger partial charge in [0.15, 0.2) is 0 Å². The number of nitrogens with two attached hydrogens (primary N) is 1. The number of rotatable bonds is 9. The van der Waals surface area contributed by atoms with Crippen LogP contribution in [0, 0.1) is 0 Å². The number of hydrogen-bond donors (Lipinski definition) is 3. The molecule has 1 unspecified atom stereocenters. The molecule has 1 amide bonds. The summed E-state index contributed by atoms with van der Waals surface area (Å²) in [6.45, 7) is 0.691. The van der Waals surface area contributed by atoms with Gasteiger partial charge in [-0.25, -0.2) is 0 Å². The summed E-state index contributed by atoms with van der Waals surface area (Å²) in [4.78, 5) is 11.8. The number of nitrogens with one attached hydrogen (secondary N) is 1. The molecule has 0 radical (unpaired) electrons. The largest absolute Gasteiger partial charge is 0.508 e. The molecule has 0 saturated carbocycles. The van der Waals surface area contributed by atoms with Crippen molar-refractivity contribution in [1.82, 2.24) is 5.32 Å². The first-order valence-corrected chi connectivity index (χ1v) is 8.33. The second-order valence-corrected chi connectivity index (χ2v) is 5.81. The minimum atomic E-state index is -0.536. The van der Waals surface area contributed by atoms with Gasteiger partial charge in [0.05, 0.1) is 6.04 Å². The van der Waals surface area contributed by atoms with Crippen LogP contribution in [0.15, 0.2) is 24.3 Å². The summed E-state index contributed by atoms with van der Waals surface area (Å²) in [5, 5.41) is 12.1. The molecule has 112 valence electrons. The Balaban J connectivity index is 2.20. The normalized spacial score (nSPS) is 12.1. The summed E-state index contributed by atoms with van der Waals surface area (Å²) in [6, 6.07) is 6.23. The van der Waals surface area contributed by atoms with Gasteiger partial charge in [-0.15, -0.1) is 0 Å². The summed E-state index contributed by atoms with van der Waals surface area (Å²) in [5.41, 5.74) is 6.82. The number of thioether (sulfide) groups is 1. The highest BCUT2D eigenvalue weighted by Gasteiger charge is 2.13. The summed E-state index contributed by atoms with van der Waals surface area (Å²) < 4.78 is 0. The fraction of sp³-hybridized carbons (Fsp3) is 0.533. The zero-order valence-corrected chi connectivity index (χ0v) is 12.8. The molecule has 4 nitrogen and oxygen atoms in total. The number of carbonyl (C=O) groups is 1.